The zero-order chi connectivity index (χ0) is 19.6. The van der Waals surface area contributed by atoms with Crippen molar-refractivity contribution in [1.82, 2.24) is 4.31 Å². The zero-order valence-corrected chi connectivity index (χ0v) is 16.3. The monoisotopic (exact) mass is 460 g/mol. The summed E-state index contributed by atoms with van der Waals surface area (Å²) in [5.74, 6) is -2.19. The summed E-state index contributed by atoms with van der Waals surface area (Å²) in [6, 6.07) is 7.06. The van der Waals surface area contributed by atoms with E-state index >= 15 is 0 Å². The summed E-state index contributed by atoms with van der Waals surface area (Å²) in [6.45, 7) is 0.700. The third kappa shape index (κ3) is 4.34. The molecular weight excluding hydrogens is 446 g/mol. The Morgan fingerprint density at radius 1 is 1.07 bits per heavy atom. The van der Waals surface area contributed by atoms with E-state index in [1.165, 1.54) is 18.2 Å². The summed E-state index contributed by atoms with van der Waals surface area (Å²) >= 11 is 2.99. The van der Waals surface area contributed by atoms with Crippen molar-refractivity contribution in [3.05, 3.63) is 58.1 Å². The van der Waals surface area contributed by atoms with Crippen molar-refractivity contribution in [3.8, 4) is 0 Å². The number of anilines is 1. The highest BCUT2D eigenvalue weighted by atomic mass is 79.9. The molecular formula is C17H15BrF2N2O4S. The van der Waals surface area contributed by atoms with Crippen LogP contribution in [0.2, 0.25) is 0 Å². The van der Waals surface area contributed by atoms with Gasteiger partial charge in [-0.05, 0) is 52.3 Å². The van der Waals surface area contributed by atoms with E-state index in [2.05, 4.69) is 21.2 Å². The van der Waals surface area contributed by atoms with Gasteiger partial charge in [-0.3, -0.25) is 4.79 Å². The molecule has 27 heavy (non-hydrogen) atoms. The van der Waals surface area contributed by atoms with E-state index in [4.69, 9.17) is 4.74 Å². The number of morpholine rings is 1. The van der Waals surface area contributed by atoms with Crippen LogP contribution in [0.25, 0.3) is 0 Å². The van der Waals surface area contributed by atoms with Gasteiger partial charge in [0.2, 0.25) is 10.0 Å². The van der Waals surface area contributed by atoms with Gasteiger partial charge in [-0.25, -0.2) is 17.2 Å². The minimum absolute atomic E-state index is 0.0395. The quantitative estimate of drug-likeness (QED) is 0.760. The van der Waals surface area contributed by atoms with Crippen molar-refractivity contribution in [2.75, 3.05) is 31.6 Å². The normalized spacial score (nSPS) is 15.5. The Labute approximate surface area is 163 Å². The Morgan fingerprint density at radius 3 is 2.44 bits per heavy atom. The van der Waals surface area contributed by atoms with Crippen LogP contribution in [0.3, 0.4) is 0 Å². The third-order valence-electron chi connectivity index (χ3n) is 3.96. The van der Waals surface area contributed by atoms with Crippen molar-refractivity contribution in [3.63, 3.8) is 0 Å². The van der Waals surface area contributed by atoms with E-state index < -0.39 is 32.5 Å². The number of rotatable bonds is 4. The maximum absolute atomic E-state index is 14.2. The first-order valence-electron chi connectivity index (χ1n) is 7.93. The van der Waals surface area contributed by atoms with Crippen LogP contribution in [0.4, 0.5) is 14.5 Å². The first-order chi connectivity index (χ1) is 12.8. The van der Waals surface area contributed by atoms with Crippen LogP contribution in [0.5, 0.6) is 0 Å². The lowest BCUT2D eigenvalue weighted by Gasteiger charge is -2.26. The maximum Gasteiger partial charge on any atom is 0.255 e. The number of sulfonamides is 1. The predicted octanol–water partition coefficient (Wildman–Crippen LogP) is 3.00. The second-order valence-corrected chi connectivity index (χ2v) is 8.51. The van der Waals surface area contributed by atoms with E-state index in [0.717, 1.165) is 22.5 Å². The second-order valence-electron chi connectivity index (χ2n) is 5.74. The predicted molar refractivity (Wildman–Crippen MR) is 98.0 cm³/mol. The van der Waals surface area contributed by atoms with Crippen LogP contribution in [0.1, 0.15) is 10.4 Å². The summed E-state index contributed by atoms with van der Waals surface area (Å²) in [6.07, 6.45) is 0. The molecule has 3 rings (SSSR count). The lowest BCUT2D eigenvalue weighted by molar-refractivity contribution is 0.0729. The van der Waals surface area contributed by atoms with E-state index in [1.807, 2.05) is 0 Å². The summed E-state index contributed by atoms with van der Waals surface area (Å²) in [5, 5.41) is 2.45. The summed E-state index contributed by atoms with van der Waals surface area (Å²) in [4.78, 5) is 11.7. The van der Waals surface area contributed by atoms with Gasteiger partial charge in [0.15, 0.2) is 0 Å². The largest absolute Gasteiger partial charge is 0.379 e. The van der Waals surface area contributed by atoms with Crippen LogP contribution in [-0.2, 0) is 14.8 Å². The lowest BCUT2D eigenvalue weighted by atomic mass is 10.2. The number of hydrogen-bond acceptors (Lipinski definition) is 4. The fraction of sp³-hybridized carbons (Fsp3) is 0.235. The van der Waals surface area contributed by atoms with Crippen molar-refractivity contribution in [1.29, 1.82) is 0 Å². The van der Waals surface area contributed by atoms with E-state index in [1.54, 1.807) is 0 Å². The molecule has 2 aromatic carbocycles. The number of carbonyl (C=O) groups excluding carboxylic acids is 1. The number of hydrogen-bond donors (Lipinski definition) is 1. The molecule has 0 atom stereocenters. The topological polar surface area (TPSA) is 75.7 Å². The Hall–Kier alpha value is -1.88. The number of ether oxygens (including phenoxy) is 1. The van der Waals surface area contributed by atoms with Crippen molar-refractivity contribution < 1.29 is 26.7 Å². The third-order valence-corrected chi connectivity index (χ3v) is 6.52. The number of amides is 1. The highest BCUT2D eigenvalue weighted by molar-refractivity contribution is 9.10. The van der Waals surface area contributed by atoms with Crippen molar-refractivity contribution >= 4 is 37.5 Å². The molecule has 144 valence electrons. The molecule has 1 amide bonds. The Balaban J connectivity index is 1.86. The van der Waals surface area contributed by atoms with Gasteiger partial charge in [0.1, 0.15) is 16.5 Å². The van der Waals surface area contributed by atoms with Crippen molar-refractivity contribution in [2.24, 2.45) is 0 Å². The molecule has 1 aliphatic heterocycles. The van der Waals surface area contributed by atoms with Gasteiger partial charge in [0, 0.05) is 24.3 Å². The lowest BCUT2D eigenvalue weighted by Crippen LogP contribution is -2.40. The van der Waals surface area contributed by atoms with E-state index in [9.17, 15) is 22.0 Å². The van der Waals surface area contributed by atoms with Gasteiger partial charge < -0.3 is 10.1 Å². The molecule has 0 saturated carbocycles. The number of carbonyl (C=O) groups is 1. The summed E-state index contributed by atoms with van der Waals surface area (Å²) < 4.78 is 59.5. The average molecular weight is 461 g/mol. The molecule has 0 aromatic heterocycles. The van der Waals surface area contributed by atoms with E-state index in [-0.39, 0.29) is 42.0 Å². The zero-order valence-electron chi connectivity index (χ0n) is 13.9. The molecule has 0 bridgehead atoms. The molecule has 1 saturated heterocycles. The molecule has 0 spiro atoms. The van der Waals surface area contributed by atoms with Gasteiger partial charge in [0.05, 0.1) is 17.7 Å². The molecule has 6 nitrogen and oxygen atoms in total. The Kier molecular flexibility index (Phi) is 5.89. The average Bonchev–Trinajstić information content (AvgIpc) is 2.66. The number of nitrogens with one attached hydrogen (secondary N) is 1. The summed E-state index contributed by atoms with van der Waals surface area (Å²) in [5.41, 5.74) is 0.120. The fourth-order valence-electron chi connectivity index (χ4n) is 2.55. The van der Waals surface area contributed by atoms with Gasteiger partial charge in [-0.1, -0.05) is 0 Å². The molecule has 0 unspecified atom stereocenters. The van der Waals surface area contributed by atoms with Gasteiger partial charge in [0.25, 0.3) is 5.91 Å². The Bertz CT molecular complexity index is 979. The van der Waals surface area contributed by atoms with E-state index in [0.29, 0.717) is 0 Å². The maximum atomic E-state index is 14.2. The first-order valence-corrected chi connectivity index (χ1v) is 10.2. The second kappa shape index (κ2) is 8.01. The Morgan fingerprint density at radius 2 is 1.78 bits per heavy atom. The number of benzene rings is 2. The van der Waals surface area contributed by atoms with Crippen LogP contribution < -0.4 is 5.32 Å². The number of nitrogens with zero attached hydrogens (tertiary/aromatic N) is 1. The fourth-order valence-corrected chi connectivity index (χ4v) is 4.29. The van der Waals surface area contributed by atoms with Crippen LogP contribution in [-0.4, -0.2) is 44.9 Å². The smallest absolute Gasteiger partial charge is 0.255 e. The highest BCUT2D eigenvalue weighted by Crippen LogP contribution is 2.24. The highest BCUT2D eigenvalue weighted by Gasteiger charge is 2.29. The summed E-state index contributed by atoms with van der Waals surface area (Å²) in [7, 11) is -4.07. The first kappa shape index (κ1) is 19.9. The minimum Gasteiger partial charge on any atom is -0.379 e. The molecule has 1 aliphatic rings. The van der Waals surface area contributed by atoms with Gasteiger partial charge >= 0.3 is 0 Å². The minimum atomic E-state index is -4.07. The van der Waals surface area contributed by atoms with Crippen molar-refractivity contribution in [2.45, 2.75) is 4.90 Å². The molecule has 0 aliphatic carbocycles. The van der Waals surface area contributed by atoms with Crippen LogP contribution in [0, 0.1) is 11.6 Å². The standard InChI is InChI=1S/C17H15BrF2N2O4S/c18-13-3-1-11(9-15(13)20)17(23)21-12-2-4-14(19)16(10-12)27(24,25)22-5-7-26-8-6-22/h1-4,9-10H,5-8H2,(H,21,23). The molecule has 1 N–H and O–H groups in total. The van der Waals surface area contributed by atoms with Gasteiger partial charge in [-0.2, -0.15) is 4.31 Å². The molecule has 0 radical (unpaired) electrons. The number of halogens is 3. The SMILES string of the molecule is O=C(Nc1ccc(F)c(S(=O)(=O)N2CCOCC2)c1)c1ccc(Br)c(F)c1. The molecule has 1 heterocycles. The van der Waals surface area contributed by atoms with Gasteiger partial charge in [-0.15, -0.1) is 0 Å². The van der Waals surface area contributed by atoms with Crippen LogP contribution >= 0.6 is 15.9 Å². The molecule has 1 fully saturated rings. The molecule has 2 aromatic rings. The van der Waals surface area contributed by atoms with Crippen LogP contribution in [0.15, 0.2) is 45.8 Å². The molecule has 10 heteroatoms.